The van der Waals surface area contributed by atoms with Gasteiger partial charge in [0, 0.05) is 5.56 Å². The molecule has 2 N–H and O–H groups in total. The fraction of sp³-hybridized carbons (Fsp3) is 0.0800. The number of anilines is 1. The molecule has 0 fully saturated rings. The molecule has 0 aliphatic carbocycles. The number of amides is 1. The second kappa shape index (κ2) is 9.28. The maximum atomic E-state index is 13.1. The Kier molecular flexibility index (Phi) is 6.10. The van der Waals surface area contributed by atoms with E-state index in [1.807, 2.05) is 48.5 Å². The van der Waals surface area contributed by atoms with E-state index in [1.54, 1.807) is 30.5 Å². The van der Waals surface area contributed by atoms with Crippen LogP contribution in [-0.2, 0) is 11.2 Å². The van der Waals surface area contributed by atoms with Crippen LogP contribution in [0.5, 0.6) is 0 Å². The van der Waals surface area contributed by atoms with Crippen LogP contribution in [0.25, 0.3) is 11.3 Å². The second-order valence-corrected chi connectivity index (χ2v) is 7.02. The van der Waals surface area contributed by atoms with Gasteiger partial charge in [0.1, 0.15) is 17.6 Å². The van der Waals surface area contributed by atoms with Crippen molar-refractivity contribution in [2.45, 2.75) is 12.5 Å². The molecule has 0 aliphatic heterocycles. The summed E-state index contributed by atoms with van der Waals surface area (Å²) in [5.74, 6) is -0.516. The van der Waals surface area contributed by atoms with Gasteiger partial charge in [-0.3, -0.25) is 4.79 Å². The summed E-state index contributed by atoms with van der Waals surface area (Å²) in [4.78, 5) is 21.6. The number of aromatic nitrogens is 2. The number of aliphatic hydroxyl groups excluding tert-OH is 1. The van der Waals surface area contributed by atoms with Crippen LogP contribution in [0.1, 0.15) is 22.9 Å². The molecule has 31 heavy (non-hydrogen) atoms. The first-order valence-corrected chi connectivity index (χ1v) is 9.80. The Morgan fingerprint density at radius 3 is 2.26 bits per heavy atom. The van der Waals surface area contributed by atoms with E-state index < -0.39 is 6.10 Å². The lowest BCUT2D eigenvalue weighted by Crippen LogP contribution is -2.19. The van der Waals surface area contributed by atoms with E-state index in [0.717, 1.165) is 5.56 Å². The molecule has 1 unspecified atom stereocenters. The molecule has 154 valence electrons. The molecule has 1 amide bonds. The van der Waals surface area contributed by atoms with Crippen molar-refractivity contribution < 1.29 is 14.3 Å². The Hall–Kier alpha value is -3.90. The van der Waals surface area contributed by atoms with Crippen LogP contribution in [0.4, 0.5) is 10.2 Å². The number of hydrogen-bond acceptors (Lipinski definition) is 4. The third-order valence-corrected chi connectivity index (χ3v) is 4.78. The van der Waals surface area contributed by atoms with E-state index >= 15 is 0 Å². The molecule has 0 aliphatic rings. The summed E-state index contributed by atoms with van der Waals surface area (Å²) in [6, 6.07) is 24.3. The quantitative estimate of drug-likeness (QED) is 0.486. The molecule has 1 aromatic heterocycles. The van der Waals surface area contributed by atoms with Crippen molar-refractivity contribution in [2.75, 3.05) is 5.32 Å². The predicted molar refractivity (Wildman–Crippen MR) is 117 cm³/mol. The number of nitrogens with zero attached hydrogens (tertiary/aromatic N) is 2. The number of rotatable bonds is 6. The zero-order valence-electron chi connectivity index (χ0n) is 16.6. The minimum atomic E-state index is -1.07. The molecule has 0 saturated heterocycles. The molecule has 0 saturated carbocycles. The average molecular weight is 413 g/mol. The molecule has 0 bridgehead atoms. The molecule has 4 aromatic rings. The lowest BCUT2D eigenvalue weighted by Gasteiger charge is -2.16. The van der Waals surface area contributed by atoms with Crippen molar-refractivity contribution in [1.29, 1.82) is 0 Å². The smallest absolute Gasteiger partial charge is 0.229 e. The first-order chi connectivity index (χ1) is 15.1. The first kappa shape index (κ1) is 20.4. The van der Waals surface area contributed by atoms with Crippen molar-refractivity contribution in [3.05, 3.63) is 114 Å². The maximum Gasteiger partial charge on any atom is 0.229 e. The van der Waals surface area contributed by atoms with Gasteiger partial charge < -0.3 is 10.4 Å². The maximum absolute atomic E-state index is 13.1. The highest BCUT2D eigenvalue weighted by Gasteiger charge is 2.20. The molecule has 0 radical (unpaired) electrons. The number of nitrogens with one attached hydrogen (secondary N) is 1. The van der Waals surface area contributed by atoms with Gasteiger partial charge in [-0.2, -0.15) is 0 Å². The van der Waals surface area contributed by atoms with Gasteiger partial charge in [-0.05, 0) is 23.3 Å². The van der Waals surface area contributed by atoms with E-state index in [-0.39, 0.29) is 29.7 Å². The van der Waals surface area contributed by atoms with Crippen molar-refractivity contribution in [3.8, 4) is 11.3 Å². The van der Waals surface area contributed by atoms with Gasteiger partial charge in [-0.25, -0.2) is 14.4 Å². The van der Waals surface area contributed by atoms with Gasteiger partial charge in [-0.1, -0.05) is 72.8 Å². The minimum absolute atomic E-state index is 0.0449. The topological polar surface area (TPSA) is 75.1 Å². The summed E-state index contributed by atoms with van der Waals surface area (Å²) >= 11 is 0. The molecule has 0 spiro atoms. The Bertz CT molecular complexity index is 1170. The zero-order valence-corrected chi connectivity index (χ0v) is 16.6. The fourth-order valence-electron chi connectivity index (χ4n) is 3.20. The summed E-state index contributed by atoms with van der Waals surface area (Å²) in [5, 5.41) is 13.7. The van der Waals surface area contributed by atoms with Crippen LogP contribution in [0.2, 0.25) is 0 Å². The van der Waals surface area contributed by atoms with Crippen molar-refractivity contribution in [2.24, 2.45) is 0 Å². The number of benzene rings is 3. The number of carbonyl (C=O) groups is 1. The van der Waals surface area contributed by atoms with E-state index in [1.165, 1.54) is 12.1 Å². The molecule has 4 rings (SSSR count). The largest absolute Gasteiger partial charge is 0.382 e. The zero-order chi connectivity index (χ0) is 21.6. The Morgan fingerprint density at radius 1 is 0.935 bits per heavy atom. The van der Waals surface area contributed by atoms with Gasteiger partial charge in [-0.15, -0.1) is 0 Å². The Labute approximate surface area is 179 Å². The summed E-state index contributed by atoms with van der Waals surface area (Å²) < 4.78 is 13.1. The van der Waals surface area contributed by atoms with Crippen LogP contribution in [0, 0.1) is 5.82 Å². The summed E-state index contributed by atoms with van der Waals surface area (Å²) in [5.41, 5.74) is 2.98. The number of halogens is 1. The van der Waals surface area contributed by atoms with Crippen molar-refractivity contribution >= 4 is 11.7 Å². The van der Waals surface area contributed by atoms with Crippen LogP contribution in [0.15, 0.2) is 91.1 Å². The predicted octanol–water partition coefficient (Wildman–Crippen LogP) is 4.55. The summed E-state index contributed by atoms with van der Waals surface area (Å²) in [6.45, 7) is 0. The Balaban J connectivity index is 1.65. The SMILES string of the molecule is O=C(Cc1ccc(F)cc1)Nc1ncc(-c2ccccc2)nc1C(O)c1ccccc1. The van der Waals surface area contributed by atoms with Crippen molar-refractivity contribution in [3.63, 3.8) is 0 Å². The molecule has 1 heterocycles. The molecular weight excluding hydrogens is 393 g/mol. The standard InChI is InChI=1S/C25H20FN3O2/c26-20-13-11-17(12-14-20)15-22(30)29-25-23(24(31)19-9-5-2-6-10-19)28-21(16-27-25)18-7-3-1-4-8-18/h1-14,16,24,31H,15H2,(H,27,29,30). The second-order valence-electron chi connectivity index (χ2n) is 7.02. The van der Waals surface area contributed by atoms with E-state index in [0.29, 0.717) is 16.8 Å². The molecule has 1 atom stereocenters. The average Bonchev–Trinajstić information content (AvgIpc) is 2.81. The highest BCUT2D eigenvalue weighted by molar-refractivity contribution is 5.92. The number of aliphatic hydroxyl groups is 1. The monoisotopic (exact) mass is 413 g/mol. The highest BCUT2D eigenvalue weighted by Crippen LogP contribution is 2.28. The van der Waals surface area contributed by atoms with Gasteiger partial charge >= 0.3 is 0 Å². The van der Waals surface area contributed by atoms with Crippen LogP contribution < -0.4 is 5.32 Å². The highest BCUT2D eigenvalue weighted by atomic mass is 19.1. The lowest BCUT2D eigenvalue weighted by molar-refractivity contribution is -0.115. The summed E-state index contributed by atoms with van der Waals surface area (Å²) in [7, 11) is 0. The summed E-state index contributed by atoms with van der Waals surface area (Å²) in [6.07, 6.45) is 0.534. The van der Waals surface area contributed by atoms with Crippen LogP contribution in [0.3, 0.4) is 0 Å². The van der Waals surface area contributed by atoms with Gasteiger partial charge in [0.05, 0.1) is 18.3 Å². The van der Waals surface area contributed by atoms with Gasteiger partial charge in [0.25, 0.3) is 0 Å². The third kappa shape index (κ3) is 4.99. The van der Waals surface area contributed by atoms with Crippen LogP contribution >= 0.6 is 0 Å². The van der Waals surface area contributed by atoms with Gasteiger partial charge in [0.15, 0.2) is 5.82 Å². The molecule has 6 heteroatoms. The van der Waals surface area contributed by atoms with E-state index in [9.17, 15) is 14.3 Å². The van der Waals surface area contributed by atoms with Gasteiger partial charge in [0.2, 0.25) is 5.91 Å². The van der Waals surface area contributed by atoms with Crippen molar-refractivity contribution in [1.82, 2.24) is 9.97 Å². The first-order valence-electron chi connectivity index (χ1n) is 9.80. The molecular formula is C25H20FN3O2. The lowest BCUT2D eigenvalue weighted by atomic mass is 10.1. The molecule has 3 aromatic carbocycles. The third-order valence-electron chi connectivity index (χ3n) is 4.78. The minimum Gasteiger partial charge on any atom is -0.382 e. The fourth-order valence-corrected chi connectivity index (χ4v) is 3.20. The Morgan fingerprint density at radius 2 is 1.58 bits per heavy atom. The normalized spacial score (nSPS) is 11.7. The van der Waals surface area contributed by atoms with E-state index in [2.05, 4.69) is 15.3 Å². The molecule has 5 nitrogen and oxygen atoms in total. The van der Waals surface area contributed by atoms with Crippen LogP contribution in [-0.4, -0.2) is 21.0 Å². The number of carbonyl (C=O) groups excluding carboxylic acids is 1. The number of hydrogen-bond donors (Lipinski definition) is 2. The van der Waals surface area contributed by atoms with E-state index in [4.69, 9.17) is 0 Å².